The van der Waals surface area contributed by atoms with E-state index in [0.29, 0.717) is 24.3 Å². The Bertz CT molecular complexity index is 1670. The molecule has 4 heterocycles. The first-order valence-electron chi connectivity index (χ1n) is 11.4. The summed E-state index contributed by atoms with van der Waals surface area (Å²) in [6, 6.07) is 18.1. The SMILES string of the molecule is COc1ccc(CCn2c(=N)c(C(=O)NCc3cccnc3)cc3c(=O)n4ccccc4nc32)cc1. The zero-order chi connectivity index (χ0) is 25.1. The number of hydrogen-bond donors (Lipinski definition) is 2. The Balaban J connectivity index is 1.58. The molecule has 5 aromatic rings. The fraction of sp³-hybridized carbons (Fsp3) is 0.148. The van der Waals surface area contributed by atoms with Gasteiger partial charge >= 0.3 is 0 Å². The molecule has 4 aromatic heterocycles. The molecule has 9 nitrogen and oxygen atoms in total. The Kier molecular flexibility index (Phi) is 6.27. The molecule has 0 fully saturated rings. The van der Waals surface area contributed by atoms with E-state index in [1.165, 1.54) is 10.5 Å². The van der Waals surface area contributed by atoms with Gasteiger partial charge in [0.15, 0.2) is 0 Å². The number of nitrogens with one attached hydrogen (secondary N) is 2. The highest BCUT2D eigenvalue weighted by Gasteiger charge is 2.17. The van der Waals surface area contributed by atoms with Gasteiger partial charge in [0, 0.05) is 31.7 Å². The maximum atomic E-state index is 13.3. The minimum absolute atomic E-state index is 0.00752. The van der Waals surface area contributed by atoms with Crippen LogP contribution in [-0.2, 0) is 19.5 Å². The lowest BCUT2D eigenvalue weighted by Crippen LogP contribution is -2.35. The minimum Gasteiger partial charge on any atom is -0.497 e. The Hall–Kier alpha value is -4.79. The number of carbonyl (C=O) groups is 1. The molecule has 0 aliphatic carbocycles. The van der Waals surface area contributed by atoms with Gasteiger partial charge in [0.05, 0.1) is 18.1 Å². The molecule has 0 aliphatic heterocycles. The van der Waals surface area contributed by atoms with Crippen molar-refractivity contribution >= 4 is 22.6 Å². The molecular weight excluding hydrogens is 456 g/mol. The molecule has 1 amide bonds. The molecule has 0 unspecified atom stereocenters. The average molecular weight is 481 g/mol. The lowest BCUT2D eigenvalue weighted by atomic mass is 10.1. The third kappa shape index (κ3) is 4.46. The van der Waals surface area contributed by atoms with Crippen LogP contribution in [0.5, 0.6) is 5.75 Å². The van der Waals surface area contributed by atoms with Gasteiger partial charge in [-0.25, -0.2) is 4.98 Å². The van der Waals surface area contributed by atoms with Crippen LogP contribution >= 0.6 is 0 Å². The number of hydrogen-bond acceptors (Lipinski definition) is 6. The summed E-state index contributed by atoms with van der Waals surface area (Å²) < 4.78 is 8.30. The minimum atomic E-state index is -0.443. The van der Waals surface area contributed by atoms with Gasteiger partial charge in [0.25, 0.3) is 11.5 Å². The third-order valence-corrected chi connectivity index (χ3v) is 6.02. The number of fused-ring (bicyclic) bond motifs is 2. The van der Waals surface area contributed by atoms with Crippen molar-refractivity contribution in [2.24, 2.45) is 0 Å². The Morgan fingerprint density at radius 3 is 2.67 bits per heavy atom. The maximum Gasteiger partial charge on any atom is 0.267 e. The summed E-state index contributed by atoms with van der Waals surface area (Å²) in [6.07, 6.45) is 5.54. The van der Waals surface area contributed by atoms with E-state index in [4.69, 9.17) is 10.1 Å². The zero-order valence-corrected chi connectivity index (χ0v) is 19.6. The molecule has 1 aromatic carbocycles. The van der Waals surface area contributed by atoms with Crippen molar-refractivity contribution in [1.82, 2.24) is 24.3 Å². The number of benzene rings is 1. The van der Waals surface area contributed by atoms with Crippen LogP contribution < -0.4 is 21.1 Å². The van der Waals surface area contributed by atoms with E-state index in [-0.39, 0.29) is 28.5 Å². The van der Waals surface area contributed by atoms with E-state index in [1.807, 2.05) is 30.3 Å². The van der Waals surface area contributed by atoms with E-state index < -0.39 is 5.91 Å². The number of nitrogens with zero attached hydrogens (tertiary/aromatic N) is 4. The van der Waals surface area contributed by atoms with Gasteiger partial charge in [-0.1, -0.05) is 24.3 Å². The van der Waals surface area contributed by atoms with Gasteiger partial charge in [-0.05, 0) is 53.9 Å². The first-order chi connectivity index (χ1) is 17.5. The zero-order valence-electron chi connectivity index (χ0n) is 19.6. The second-order valence-electron chi connectivity index (χ2n) is 8.28. The summed E-state index contributed by atoms with van der Waals surface area (Å²) in [6.45, 7) is 0.617. The molecule has 0 atom stereocenters. The maximum absolute atomic E-state index is 13.3. The van der Waals surface area contributed by atoms with Crippen LogP contribution in [0.3, 0.4) is 0 Å². The quantitative estimate of drug-likeness (QED) is 0.348. The predicted molar refractivity (Wildman–Crippen MR) is 135 cm³/mol. The van der Waals surface area contributed by atoms with Crippen LogP contribution in [-0.4, -0.2) is 32.0 Å². The highest BCUT2D eigenvalue weighted by molar-refractivity contribution is 5.96. The molecule has 0 radical (unpaired) electrons. The second kappa shape index (κ2) is 9.83. The van der Waals surface area contributed by atoms with Gasteiger partial charge in [-0.2, -0.15) is 0 Å². The van der Waals surface area contributed by atoms with E-state index in [1.54, 1.807) is 54.5 Å². The van der Waals surface area contributed by atoms with Crippen LogP contribution in [0.2, 0.25) is 0 Å². The molecule has 180 valence electrons. The fourth-order valence-corrected chi connectivity index (χ4v) is 4.09. The lowest BCUT2D eigenvalue weighted by Gasteiger charge is -2.15. The van der Waals surface area contributed by atoms with Crippen LogP contribution in [0.25, 0.3) is 16.7 Å². The lowest BCUT2D eigenvalue weighted by molar-refractivity contribution is 0.0948. The van der Waals surface area contributed by atoms with Crippen molar-refractivity contribution < 1.29 is 9.53 Å². The average Bonchev–Trinajstić information content (AvgIpc) is 2.92. The first-order valence-corrected chi connectivity index (χ1v) is 11.4. The Morgan fingerprint density at radius 2 is 1.92 bits per heavy atom. The van der Waals surface area contributed by atoms with E-state index >= 15 is 0 Å². The highest BCUT2D eigenvalue weighted by atomic mass is 16.5. The Morgan fingerprint density at radius 1 is 1.08 bits per heavy atom. The van der Waals surface area contributed by atoms with Crippen LogP contribution in [0.1, 0.15) is 21.5 Å². The van der Waals surface area contributed by atoms with Crippen molar-refractivity contribution in [3.05, 3.63) is 112 Å². The van der Waals surface area contributed by atoms with Gasteiger partial charge < -0.3 is 14.6 Å². The number of aryl methyl sites for hydroxylation is 2. The van der Waals surface area contributed by atoms with Gasteiger partial charge in [-0.15, -0.1) is 0 Å². The first kappa shape index (κ1) is 23.0. The number of pyridine rings is 3. The number of rotatable bonds is 7. The number of aromatic nitrogens is 4. The van der Waals surface area contributed by atoms with Crippen LogP contribution in [0.15, 0.2) is 84.0 Å². The molecule has 5 rings (SSSR count). The highest BCUT2D eigenvalue weighted by Crippen LogP contribution is 2.14. The van der Waals surface area contributed by atoms with Crippen LogP contribution in [0, 0.1) is 5.41 Å². The number of carbonyl (C=O) groups excluding carboxylic acids is 1. The number of ether oxygens (including phenoxy) is 1. The Labute approximate surface area is 206 Å². The number of methoxy groups -OCH3 is 1. The largest absolute Gasteiger partial charge is 0.497 e. The summed E-state index contributed by atoms with van der Waals surface area (Å²) in [5.41, 5.74) is 2.51. The molecule has 0 bridgehead atoms. The van der Waals surface area contributed by atoms with Crippen molar-refractivity contribution in [2.75, 3.05) is 7.11 Å². The molecule has 2 N–H and O–H groups in total. The van der Waals surface area contributed by atoms with Crippen molar-refractivity contribution in [1.29, 1.82) is 5.41 Å². The monoisotopic (exact) mass is 480 g/mol. The van der Waals surface area contributed by atoms with Gasteiger partial charge in [0.1, 0.15) is 22.5 Å². The molecule has 36 heavy (non-hydrogen) atoms. The van der Waals surface area contributed by atoms with Gasteiger partial charge in [-0.3, -0.25) is 24.4 Å². The summed E-state index contributed by atoms with van der Waals surface area (Å²) >= 11 is 0. The molecule has 0 saturated heterocycles. The second-order valence-corrected chi connectivity index (χ2v) is 8.28. The van der Waals surface area contributed by atoms with Gasteiger partial charge in [0.2, 0.25) is 0 Å². The van der Waals surface area contributed by atoms with E-state index in [9.17, 15) is 9.59 Å². The smallest absolute Gasteiger partial charge is 0.267 e. The predicted octanol–water partition coefficient (Wildman–Crippen LogP) is 2.70. The normalized spacial score (nSPS) is 11.0. The molecular formula is C27H24N6O3. The van der Waals surface area contributed by atoms with Crippen molar-refractivity contribution in [2.45, 2.75) is 19.5 Å². The fourth-order valence-electron chi connectivity index (χ4n) is 4.09. The number of amides is 1. The molecule has 0 spiro atoms. The summed E-state index contributed by atoms with van der Waals surface area (Å²) in [5, 5.41) is 12.0. The van der Waals surface area contributed by atoms with Crippen molar-refractivity contribution in [3.63, 3.8) is 0 Å². The summed E-state index contributed by atoms with van der Waals surface area (Å²) in [4.78, 5) is 35.2. The van der Waals surface area contributed by atoms with Crippen molar-refractivity contribution in [3.8, 4) is 5.75 Å². The third-order valence-electron chi connectivity index (χ3n) is 6.02. The van der Waals surface area contributed by atoms with E-state index in [0.717, 1.165) is 16.9 Å². The standard InChI is InChI=1S/C27H24N6O3/c1-36-20-9-7-18(8-10-20)11-14-33-24(28)21(26(34)30-17-19-5-4-12-29-16-19)15-22-25(33)31-23-6-2-3-13-32(23)27(22)35/h2-10,12-13,15-16,28H,11,14,17H2,1H3,(H,30,34). The summed E-state index contributed by atoms with van der Waals surface area (Å²) in [7, 11) is 1.61. The molecule has 0 saturated carbocycles. The molecule has 0 aliphatic rings. The van der Waals surface area contributed by atoms with Crippen LogP contribution in [0.4, 0.5) is 0 Å². The van der Waals surface area contributed by atoms with E-state index in [2.05, 4.69) is 15.3 Å². The topological polar surface area (TPSA) is 114 Å². The molecule has 9 heteroatoms. The summed E-state index contributed by atoms with van der Waals surface area (Å²) in [5.74, 6) is 0.313.